The van der Waals surface area contributed by atoms with Gasteiger partial charge in [0.2, 0.25) is 5.91 Å². The fourth-order valence-corrected chi connectivity index (χ4v) is 2.87. The molecular formula is C14H20N4O2S. The normalized spacial score (nSPS) is 12.3. The van der Waals surface area contributed by atoms with Crippen molar-refractivity contribution >= 4 is 17.2 Å². The summed E-state index contributed by atoms with van der Waals surface area (Å²) in [6.07, 6.45) is 5.71. The molecule has 0 aromatic carbocycles. The number of hydrogen-bond donors (Lipinski definition) is 1. The van der Waals surface area contributed by atoms with Crippen molar-refractivity contribution in [3.05, 3.63) is 34.8 Å². The van der Waals surface area contributed by atoms with E-state index in [1.165, 1.54) is 11.3 Å². The van der Waals surface area contributed by atoms with Crippen molar-refractivity contribution in [2.24, 2.45) is 0 Å². The number of carbonyl (C=O) groups is 1. The predicted octanol–water partition coefficient (Wildman–Crippen LogP) is 1.62. The van der Waals surface area contributed by atoms with E-state index in [9.17, 15) is 4.79 Å². The molecule has 0 aliphatic heterocycles. The van der Waals surface area contributed by atoms with Gasteiger partial charge in [0, 0.05) is 43.0 Å². The minimum atomic E-state index is -0.0460. The molecule has 1 amide bonds. The van der Waals surface area contributed by atoms with E-state index in [-0.39, 0.29) is 18.6 Å². The molecule has 0 aliphatic rings. The first-order valence-corrected chi connectivity index (χ1v) is 7.76. The number of aliphatic hydroxyl groups is 1. The Kier molecular flexibility index (Phi) is 5.46. The number of nitrogens with zero attached hydrogens (tertiary/aromatic N) is 4. The van der Waals surface area contributed by atoms with Gasteiger partial charge in [0.15, 0.2) is 0 Å². The van der Waals surface area contributed by atoms with E-state index in [1.54, 1.807) is 17.3 Å². The van der Waals surface area contributed by atoms with Crippen LogP contribution in [0.4, 0.5) is 0 Å². The SMILES string of the molecule is Cc1nccn1[C@H](C)CC(=O)N(CCO)Cc1nccs1. The van der Waals surface area contributed by atoms with Gasteiger partial charge < -0.3 is 14.6 Å². The highest BCUT2D eigenvalue weighted by atomic mass is 32.1. The summed E-state index contributed by atoms with van der Waals surface area (Å²) in [6.45, 7) is 4.64. The average Bonchev–Trinajstić information content (AvgIpc) is 3.09. The largest absolute Gasteiger partial charge is 0.395 e. The van der Waals surface area contributed by atoms with Crippen molar-refractivity contribution in [2.45, 2.75) is 32.9 Å². The van der Waals surface area contributed by atoms with Gasteiger partial charge in [0.25, 0.3) is 0 Å². The van der Waals surface area contributed by atoms with Gasteiger partial charge in [-0.05, 0) is 13.8 Å². The van der Waals surface area contributed by atoms with Crippen molar-refractivity contribution in [3.8, 4) is 0 Å². The molecule has 7 heteroatoms. The summed E-state index contributed by atoms with van der Waals surface area (Å²) in [5, 5.41) is 11.9. The zero-order valence-electron chi connectivity index (χ0n) is 12.3. The van der Waals surface area contributed by atoms with Crippen molar-refractivity contribution in [1.82, 2.24) is 19.4 Å². The number of aromatic nitrogens is 3. The summed E-state index contributed by atoms with van der Waals surface area (Å²) in [5.41, 5.74) is 0. The second-order valence-electron chi connectivity index (χ2n) is 4.90. The Morgan fingerprint density at radius 1 is 1.48 bits per heavy atom. The van der Waals surface area contributed by atoms with Crippen LogP contribution in [0.5, 0.6) is 0 Å². The summed E-state index contributed by atoms with van der Waals surface area (Å²) in [7, 11) is 0. The lowest BCUT2D eigenvalue weighted by Gasteiger charge is -2.23. The van der Waals surface area contributed by atoms with E-state index in [0.717, 1.165) is 10.8 Å². The van der Waals surface area contributed by atoms with Crippen molar-refractivity contribution in [3.63, 3.8) is 0 Å². The van der Waals surface area contributed by atoms with E-state index in [0.29, 0.717) is 19.5 Å². The molecule has 0 aliphatic carbocycles. The highest BCUT2D eigenvalue weighted by molar-refractivity contribution is 7.09. The van der Waals surface area contributed by atoms with E-state index in [1.807, 2.05) is 30.0 Å². The zero-order valence-corrected chi connectivity index (χ0v) is 13.1. The van der Waals surface area contributed by atoms with E-state index < -0.39 is 0 Å². The summed E-state index contributed by atoms with van der Waals surface area (Å²) < 4.78 is 1.98. The van der Waals surface area contributed by atoms with Crippen molar-refractivity contribution < 1.29 is 9.90 Å². The van der Waals surface area contributed by atoms with E-state index in [2.05, 4.69) is 9.97 Å². The van der Waals surface area contributed by atoms with Crippen molar-refractivity contribution in [1.29, 1.82) is 0 Å². The lowest BCUT2D eigenvalue weighted by molar-refractivity contribution is -0.133. The Hall–Kier alpha value is -1.73. The molecule has 1 atom stereocenters. The lowest BCUT2D eigenvalue weighted by Crippen LogP contribution is -2.34. The molecule has 0 spiro atoms. The molecule has 2 rings (SSSR count). The molecule has 2 aromatic rings. The Bertz CT molecular complexity index is 567. The molecule has 0 saturated carbocycles. The maximum absolute atomic E-state index is 12.4. The predicted molar refractivity (Wildman–Crippen MR) is 80.9 cm³/mol. The Labute approximate surface area is 128 Å². The Morgan fingerprint density at radius 2 is 2.29 bits per heavy atom. The molecule has 0 bridgehead atoms. The fourth-order valence-electron chi connectivity index (χ4n) is 2.24. The molecule has 2 aromatic heterocycles. The summed E-state index contributed by atoms with van der Waals surface area (Å²) in [4.78, 5) is 22.5. The summed E-state index contributed by atoms with van der Waals surface area (Å²) >= 11 is 1.51. The number of hydrogen-bond acceptors (Lipinski definition) is 5. The van der Waals surface area contributed by atoms with Crippen LogP contribution in [0, 0.1) is 6.92 Å². The number of carbonyl (C=O) groups excluding carboxylic acids is 1. The minimum Gasteiger partial charge on any atom is -0.395 e. The molecule has 6 nitrogen and oxygen atoms in total. The Morgan fingerprint density at radius 3 is 2.86 bits per heavy atom. The monoisotopic (exact) mass is 308 g/mol. The van der Waals surface area contributed by atoms with Crippen LogP contribution in [-0.2, 0) is 11.3 Å². The lowest BCUT2D eigenvalue weighted by atomic mass is 10.2. The number of imidazole rings is 1. The molecule has 2 heterocycles. The van der Waals surface area contributed by atoms with Crippen molar-refractivity contribution in [2.75, 3.05) is 13.2 Å². The van der Waals surface area contributed by atoms with Gasteiger partial charge in [-0.3, -0.25) is 4.79 Å². The second kappa shape index (κ2) is 7.33. The fraction of sp³-hybridized carbons (Fsp3) is 0.500. The quantitative estimate of drug-likeness (QED) is 0.844. The molecular weight excluding hydrogens is 288 g/mol. The van der Waals surface area contributed by atoms with Gasteiger partial charge >= 0.3 is 0 Å². The third kappa shape index (κ3) is 4.12. The molecule has 0 saturated heterocycles. The Balaban J connectivity index is 1.99. The van der Waals surface area contributed by atoms with Crippen LogP contribution >= 0.6 is 11.3 Å². The smallest absolute Gasteiger partial charge is 0.225 e. The minimum absolute atomic E-state index is 0.0138. The van der Waals surface area contributed by atoms with Crippen LogP contribution in [0.2, 0.25) is 0 Å². The summed E-state index contributed by atoms with van der Waals surface area (Å²) in [6, 6.07) is 0.0393. The molecule has 0 fully saturated rings. The molecule has 114 valence electrons. The van der Waals surface area contributed by atoms with Gasteiger partial charge in [-0.25, -0.2) is 9.97 Å². The van der Waals surface area contributed by atoms with Crippen LogP contribution in [0.15, 0.2) is 24.0 Å². The second-order valence-corrected chi connectivity index (χ2v) is 5.88. The number of aliphatic hydroxyl groups excluding tert-OH is 1. The van der Waals surface area contributed by atoms with E-state index in [4.69, 9.17) is 5.11 Å². The number of aryl methyl sites for hydroxylation is 1. The van der Waals surface area contributed by atoms with Crippen LogP contribution in [-0.4, -0.2) is 43.6 Å². The first kappa shape index (κ1) is 15.7. The van der Waals surface area contributed by atoms with Crippen LogP contribution < -0.4 is 0 Å². The van der Waals surface area contributed by atoms with Crippen LogP contribution in [0.1, 0.15) is 30.2 Å². The highest BCUT2D eigenvalue weighted by Gasteiger charge is 2.19. The molecule has 0 radical (unpaired) electrons. The van der Waals surface area contributed by atoms with Gasteiger partial charge in [-0.2, -0.15) is 0 Å². The average molecular weight is 308 g/mol. The van der Waals surface area contributed by atoms with E-state index >= 15 is 0 Å². The first-order valence-electron chi connectivity index (χ1n) is 6.88. The molecule has 21 heavy (non-hydrogen) atoms. The summed E-state index contributed by atoms with van der Waals surface area (Å²) in [5.74, 6) is 0.906. The van der Waals surface area contributed by atoms with Crippen LogP contribution in [0.25, 0.3) is 0 Å². The molecule has 0 unspecified atom stereocenters. The maximum Gasteiger partial charge on any atom is 0.225 e. The number of amides is 1. The van der Waals surface area contributed by atoms with Gasteiger partial charge in [-0.1, -0.05) is 0 Å². The third-order valence-corrected chi connectivity index (χ3v) is 4.10. The topological polar surface area (TPSA) is 71.2 Å². The number of rotatable bonds is 7. The van der Waals surface area contributed by atoms with Gasteiger partial charge in [0.05, 0.1) is 13.2 Å². The zero-order chi connectivity index (χ0) is 15.2. The van der Waals surface area contributed by atoms with Gasteiger partial charge in [-0.15, -0.1) is 11.3 Å². The third-order valence-electron chi connectivity index (χ3n) is 3.34. The standard InChI is InChI=1S/C14H20N4O2S/c1-11(18-5-3-15-12(18)2)9-14(20)17(6-7-19)10-13-16-4-8-21-13/h3-5,8,11,19H,6-7,9-10H2,1-2H3/t11-/m1/s1. The first-order chi connectivity index (χ1) is 10.1. The molecule has 1 N–H and O–H groups in total. The number of thiazole rings is 1. The van der Waals surface area contributed by atoms with Crippen LogP contribution in [0.3, 0.4) is 0 Å². The highest BCUT2D eigenvalue weighted by Crippen LogP contribution is 2.16. The maximum atomic E-state index is 12.4. The van der Waals surface area contributed by atoms with Gasteiger partial charge in [0.1, 0.15) is 10.8 Å².